The van der Waals surface area contributed by atoms with Crippen LogP contribution in [0.1, 0.15) is 50.2 Å². The summed E-state index contributed by atoms with van der Waals surface area (Å²) in [5.74, 6) is -1.43. The quantitative estimate of drug-likeness (QED) is 0.638. The fourth-order valence-electron chi connectivity index (χ4n) is 5.17. The molecule has 2 aromatic carbocycles. The lowest BCUT2D eigenvalue weighted by Crippen LogP contribution is -2.48. The van der Waals surface area contributed by atoms with E-state index in [1.165, 1.54) is 11.1 Å². The molecule has 0 bridgehead atoms. The summed E-state index contributed by atoms with van der Waals surface area (Å²) >= 11 is 0. The standard InChI is InChI=1S/C27H32N2O5/c1-17(25(30)29-14-12-19(26(31)32)15-18(29)2)11-13-28-27(33)34-16-24-22-9-5-3-7-20(22)21-8-4-6-10-23(21)24/h3-10,17-19,24H,11-16H2,1-2H3,(H,28,33)(H,31,32). The zero-order valence-corrected chi connectivity index (χ0v) is 19.7. The van der Waals surface area contributed by atoms with Gasteiger partial charge in [0.05, 0.1) is 5.92 Å². The van der Waals surface area contributed by atoms with Gasteiger partial charge in [0.25, 0.3) is 0 Å². The summed E-state index contributed by atoms with van der Waals surface area (Å²) in [6.07, 6.45) is 0.966. The molecule has 2 amide bonds. The van der Waals surface area contributed by atoms with Crippen LogP contribution in [0.4, 0.5) is 4.79 Å². The van der Waals surface area contributed by atoms with Crippen LogP contribution in [0, 0.1) is 11.8 Å². The van der Waals surface area contributed by atoms with Gasteiger partial charge in [0, 0.05) is 31.0 Å². The zero-order chi connectivity index (χ0) is 24.2. The second kappa shape index (κ2) is 10.3. The molecule has 0 spiro atoms. The molecule has 7 heteroatoms. The maximum atomic E-state index is 12.8. The van der Waals surface area contributed by atoms with Gasteiger partial charge in [-0.3, -0.25) is 9.59 Å². The number of benzene rings is 2. The van der Waals surface area contributed by atoms with Crippen LogP contribution in [0.15, 0.2) is 48.5 Å². The predicted molar refractivity (Wildman–Crippen MR) is 128 cm³/mol. The lowest BCUT2D eigenvalue weighted by molar-refractivity contribution is -0.148. The second-order valence-electron chi connectivity index (χ2n) is 9.38. The number of carbonyl (C=O) groups is 3. The Morgan fingerprint density at radius 1 is 1.09 bits per heavy atom. The van der Waals surface area contributed by atoms with Crippen LogP contribution >= 0.6 is 0 Å². The molecule has 2 aromatic rings. The van der Waals surface area contributed by atoms with Gasteiger partial charge in [-0.1, -0.05) is 55.5 Å². The molecule has 34 heavy (non-hydrogen) atoms. The highest BCUT2D eigenvalue weighted by atomic mass is 16.5. The number of carboxylic acid groups (broad SMARTS) is 1. The SMILES string of the molecule is CC(CCNC(=O)OCC1c2ccccc2-c2ccccc21)C(=O)N1CCC(C(=O)O)CC1C. The number of amides is 2. The molecular formula is C27H32N2O5. The smallest absolute Gasteiger partial charge is 0.407 e. The number of ether oxygens (including phenoxy) is 1. The van der Waals surface area contributed by atoms with Crippen molar-refractivity contribution in [2.24, 2.45) is 11.8 Å². The topological polar surface area (TPSA) is 95.9 Å². The van der Waals surface area contributed by atoms with E-state index in [0.29, 0.717) is 32.4 Å². The third-order valence-corrected chi connectivity index (χ3v) is 7.12. The number of carbonyl (C=O) groups excluding carboxylic acids is 2. The number of hydrogen-bond acceptors (Lipinski definition) is 4. The van der Waals surface area contributed by atoms with E-state index in [-0.39, 0.29) is 36.3 Å². The molecule has 1 fully saturated rings. The molecule has 3 atom stereocenters. The predicted octanol–water partition coefficient (Wildman–Crippen LogP) is 4.26. The summed E-state index contributed by atoms with van der Waals surface area (Å²) in [6, 6.07) is 16.3. The molecule has 0 saturated carbocycles. The monoisotopic (exact) mass is 464 g/mol. The fourth-order valence-corrected chi connectivity index (χ4v) is 5.17. The number of piperidine rings is 1. The summed E-state index contributed by atoms with van der Waals surface area (Å²) in [5, 5.41) is 12.0. The average Bonchev–Trinajstić information content (AvgIpc) is 3.16. The van der Waals surface area contributed by atoms with Crippen LogP contribution in [-0.4, -0.2) is 53.7 Å². The molecule has 0 radical (unpaired) electrons. The van der Waals surface area contributed by atoms with Gasteiger partial charge < -0.3 is 20.1 Å². The van der Waals surface area contributed by atoms with Gasteiger partial charge in [-0.05, 0) is 48.4 Å². The number of aliphatic carboxylic acids is 1. The van der Waals surface area contributed by atoms with E-state index in [9.17, 15) is 19.5 Å². The number of rotatable bonds is 7. The molecule has 1 heterocycles. The van der Waals surface area contributed by atoms with Crippen molar-refractivity contribution >= 4 is 18.0 Å². The van der Waals surface area contributed by atoms with Crippen molar-refractivity contribution in [3.8, 4) is 11.1 Å². The lowest BCUT2D eigenvalue weighted by atomic mass is 9.90. The van der Waals surface area contributed by atoms with Gasteiger partial charge in [-0.25, -0.2) is 4.79 Å². The molecule has 7 nitrogen and oxygen atoms in total. The van der Waals surface area contributed by atoms with Crippen molar-refractivity contribution in [1.82, 2.24) is 10.2 Å². The van der Waals surface area contributed by atoms with Gasteiger partial charge in [0.2, 0.25) is 5.91 Å². The first-order valence-corrected chi connectivity index (χ1v) is 12.0. The Kier molecular flexibility index (Phi) is 7.20. The summed E-state index contributed by atoms with van der Waals surface area (Å²) in [7, 11) is 0. The van der Waals surface area contributed by atoms with Crippen LogP contribution in [0.3, 0.4) is 0 Å². The van der Waals surface area contributed by atoms with Crippen molar-refractivity contribution in [1.29, 1.82) is 0 Å². The van der Waals surface area contributed by atoms with Crippen LogP contribution < -0.4 is 5.32 Å². The van der Waals surface area contributed by atoms with Gasteiger partial charge in [0.15, 0.2) is 0 Å². The summed E-state index contributed by atoms with van der Waals surface area (Å²) in [4.78, 5) is 38.2. The Labute approximate surface area is 200 Å². The van der Waals surface area contributed by atoms with Crippen molar-refractivity contribution in [2.75, 3.05) is 19.7 Å². The molecule has 1 aliphatic carbocycles. The van der Waals surface area contributed by atoms with Crippen LogP contribution in [-0.2, 0) is 14.3 Å². The van der Waals surface area contributed by atoms with Crippen LogP contribution in [0.5, 0.6) is 0 Å². The number of likely N-dealkylation sites (tertiary alicyclic amines) is 1. The zero-order valence-electron chi connectivity index (χ0n) is 19.7. The van der Waals surface area contributed by atoms with Crippen LogP contribution in [0.2, 0.25) is 0 Å². The molecule has 1 saturated heterocycles. The lowest BCUT2D eigenvalue weighted by Gasteiger charge is -2.37. The number of nitrogens with zero attached hydrogens (tertiary/aromatic N) is 1. The third kappa shape index (κ3) is 4.93. The number of alkyl carbamates (subject to hydrolysis) is 1. The van der Waals surface area contributed by atoms with Crippen molar-refractivity contribution in [2.45, 2.75) is 45.1 Å². The third-order valence-electron chi connectivity index (χ3n) is 7.12. The highest BCUT2D eigenvalue weighted by molar-refractivity contribution is 5.80. The molecule has 0 aromatic heterocycles. The minimum atomic E-state index is -0.792. The van der Waals surface area contributed by atoms with Gasteiger partial charge in [0.1, 0.15) is 6.61 Å². The highest BCUT2D eigenvalue weighted by Gasteiger charge is 2.34. The normalized spacial score (nSPS) is 20.2. The van der Waals surface area contributed by atoms with Gasteiger partial charge in [-0.15, -0.1) is 0 Å². The van der Waals surface area contributed by atoms with E-state index in [0.717, 1.165) is 11.1 Å². The second-order valence-corrected chi connectivity index (χ2v) is 9.38. The Morgan fingerprint density at radius 3 is 2.29 bits per heavy atom. The van der Waals surface area contributed by atoms with E-state index in [1.54, 1.807) is 4.90 Å². The van der Waals surface area contributed by atoms with E-state index >= 15 is 0 Å². The van der Waals surface area contributed by atoms with Gasteiger partial charge >= 0.3 is 12.1 Å². The summed E-state index contributed by atoms with van der Waals surface area (Å²) in [5.41, 5.74) is 4.69. The van der Waals surface area contributed by atoms with E-state index in [1.807, 2.05) is 38.1 Å². The average molecular weight is 465 g/mol. The minimum absolute atomic E-state index is 0.00526. The van der Waals surface area contributed by atoms with E-state index < -0.39 is 12.1 Å². The fraction of sp³-hybridized carbons (Fsp3) is 0.444. The van der Waals surface area contributed by atoms with Crippen LogP contribution in [0.25, 0.3) is 11.1 Å². The number of carboxylic acids is 1. The maximum Gasteiger partial charge on any atom is 0.407 e. The molecular weight excluding hydrogens is 432 g/mol. The molecule has 3 unspecified atom stereocenters. The first kappa shape index (κ1) is 23.8. The van der Waals surface area contributed by atoms with Crippen molar-refractivity contribution in [3.63, 3.8) is 0 Å². The van der Waals surface area contributed by atoms with Gasteiger partial charge in [-0.2, -0.15) is 0 Å². The van der Waals surface area contributed by atoms with E-state index in [4.69, 9.17) is 4.74 Å². The first-order valence-electron chi connectivity index (χ1n) is 12.0. The van der Waals surface area contributed by atoms with Crippen molar-refractivity contribution < 1.29 is 24.2 Å². The number of fused-ring (bicyclic) bond motifs is 3. The number of hydrogen-bond donors (Lipinski definition) is 2. The van der Waals surface area contributed by atoms with Crippen molar-refractivity contribution in [3.05, 3.63) is 59.7 Å². The molecule has 4 rings (SSSR count). The molecule has 1 aliphatic heterocycles. The van der Waals surface area contributed by atoms with E-state index in [2.05, 4.69) is 29.6 Å². The Bertz CT molecular complexity index is 1020. The first-order chi connectivity index (χ1) is 16.4. The Morgan fingerprint density at radius 2 is 1.71 bits per heavy atom. The Balaban J connectivity index is 1.24. The molecule has 2 N–H and O–H groups in total. The minimum Gasteiger partial charge on any atom is -0.481 e. The Hall–Kier alpha value is -3.35. The number of nitrogens with one attached hydrogen (secondary N) is 1. The largest absolute Gasteiger partial charge is 0.481 e. The summed E-state index contributed by atoms with van der Waals surface area (Å²) in [6.45, 7) is 4.79. The molecule has 180 valence electrons. The maximum absolute atomic E-state index is 12.8. The summed E-state index contributed by atoms with van der Waals surface area (Å²) < 4.78 is 5.55. The highest BCUT2D eigenvalue weighted by Crippen LogP contribution is 2.44. The molecule has 2 aliphatic rings.